The lowest BCUT2D eigenvalue weighted by Gasteiger charge is -2.12. The number of ether oxygens (including phenoxy) is 1. The maximum atomic E-state index is 13.2. The highest BCUT2D eigenvalue weighted by Gasteiger charge is 2.31. The van der Waals surface area contributed by atoms with Crippen molar-refractivity contribution in [1.82, 2.24) is 29.9 Å². The summed E-state index contributed by atoms with van der Waals surface area (Å²) in [7, 11) is 1.55. The van der Waals surface area contributed by atoms with E-state index in [-0.39, 0.29) is 22.6 Å². The Morgan fingerprint density at radius 2 is 1.90 bits per heavy atom. The van der Waals surface area contributed by atoms with Crippen LogP contribution in [0, 0.1) is 0 Å². The molecule has 0 aliphatic heterocycles. The third-order valence-electron chi connectivity index (χ3n) is 4.11. The van der Waals surface area contributed by atoms with Crippen molar-refractivity contribution in [3.63, 3.8) is 0 Å². The van der Waals surface area contributed by atoms with Crippen LogP contribution in [0.3, 0.4) is 0 Å². The number of hydrogen-bond donors (Lipinski definition) is 0. The van der Waals surface area contributed by atoms with Crippen LogP contribution in [0.1, 0.15) is 5.89 Å². The first-order valence-electron chi connectivity index (χ1n) is 8.93. The number of nitrogens with zero attached hydrogens (tertiary/aromatic N) is 6. The largest absolute Gasteiger partial charge is 0.497 e. The average molecular weight is 448 g/mol. The van der Waals surface area contributed by atoms with Crippen LogP contribution in [0.5, 0.6) is 5.75 Å². The van der Waals surface area contributed by atoms with Gasteiger partial charge in [0.2, 0.25) is 11.7 Å². The minimum atomic E-state index is -4.44. The summed E-state index contributed by atoms with van der Waals surface area (Å²) in [6.07, 6.45) is -1.48. The molecule has 0 fully saturated rings. The Balaban J connectivity index is 1.55. The Morgan fingerprint density at radius 3 is 2.65 bits per heavy atom. The standard InChI is InChI=1S/C19H15F3N6O2S/c1-29-14-4-2-3-13(9-14)16-24-15(30-27-16)10-31-18-26-25-17(12-5-7-23-8-6-12)28(18)11-19(20,21)22/h2-9H,10-11H2,1H3. The van der Waals surface area contributed by atoms with Gasteiger partial charge in [-0.15, -0.1) is 10.2 Å². The van der Waals surface area contributed by atoms with Gasteiger partial charge in [0.1, 0.15) is 12.3 Å². The van der Waals surface area contributed by atoms with Gasteiger partial charge in [-0.3, -0.25) is 9.55 Å². The molecule has 0 radical (unpaired) electrons. The van der Waals surface area contributed by atoms with Crippen molar-refractivity contribution in [3.05, 3.63) is 54.7 Å². The quantitative estimate of drug-likeness (QED) is 0.388. The molecule has 0 bridgehead atoms. The van der Waals surface area contributed by atoms with Crippen molar-refractivity contribution in [2.24, 2.45) is 0 Å². The number of rotatable bonds is 7. The molecule has 12 heteroatoms. The lowest BCUT2D eigenvalue weighted by atomic mass is 10.2. The molecule has 0 atom stereocenters. The van der Waals surface area contributed by atoms with Gasteiger partial charge >= 0.3 is 6.18 Å². The molecular weight excluding hydrogens is 433 g/mol. The van der Waals surface area contributed by atoms with E-state index in [0.29, 0.717) is 22.7 Å². The normalized spacial score (nSPS) is 11.6. The van der Waals surface area contributed by atoms with Gasteiger partial charge in [0.15, 0.2) is 11.0 Å². The first-order chi connectivity index (χ1) is 14.9. The summed E-state index contributed by atoms with van der Waals surface area (Å²) in [6, 6.07) is 10.3. The van der Waals surface area contributed by atoms with E-state index in [4.69, 9.17) is 9.26 Å². The zero-order valence-corrected chi connectivity index (χ0v) is 16.9. The highest BCUT2D eigenvalue weighted by atomic mass is 32.2. The number of alkyl halides is 3. The fourth-order valence-electron chi connectivity index (χ4n) is 2.75. The number of halogens is 3. The molecule has 0 amide bonds. The second kappa shape index (κ2) is 8.76. The van der Waals surface area contributed by atoms with Gasteiger partial charge in [-0.2, -0.15) is 18.2 Å². The SMILES string of the molecule is COc1cccc(-c2noc(CSc3nnc(-c4ccncc4)n3CC(F)(F)F)n2)c1. The summed E-state index contributed by atoms with van der Waals surface area (Å²) in [6.45, 7) is -1.22. The summed E-state index contributed by atoms with van der Waals surface area (Å²) in [5.74, 6) is 1.47. The van der Waals surface area contributed by atoms with Gasteiger partial charge in [-0.25, -0.2) is 0 Å². The van der Waals surface area contributed by atoms with Gasteiger partial charge in [0.05, 0.1) is 12.9 Å². The molecule has 0 saturated carbocycles. The molecule has 0 unspecified atom stereocenters. The van der Waals surface area contributed by atoms with E-state index in [1.807, 2.05) is 0 Å². The van der Waals surface area contributed by atoms with Gasteiger partial charge in [-0.05, 0) is 24.3 Å². The maximum Gasteiger partial charge on any atom is 0.406 e. The fourth-order valence-corrected chi connectivity index (χ4v) is 3.53. The molecule has 0 aliphatic rings. The van der Waals surface area contributed by atoms with Crippen molar-refractivity contribution in [2.45, 2.75) is 23.6 Å². The molecule has 4 rings (SSSR count). The third-order valence-corrected chi connectivity index (χ3v) is 5.07. The van der Waals surface area contributed by atoms with Gasteiger partial charge in [0.25, 0.3) is 0 Å². The summed E-state index contributed by atoms with van der Waals surface area (Å²) in [5.41, 5.74) is 1.18. The van der Waals surface area contributed by atoms with Crippen molar-refractivity contribution in [2.75, 3.05) is 7.11 Å². The molecule has 4 aromatic rings. The second-order valence-electron chi connectivity index (χ2n) is 6.28. The van der Waals surface area contributed by atoms with E-state index in [0.717, 1.165) is 16.3 Å². The first kappa shape index (κ1) is 20.8. The van der Waals surface area contributed by atoms with E-state index in [9.17, 15) is 13.2 Å². The van der Waals surface area contributed by atoms with Gasteiger partial charge in [-0.1, -0.05) is 29.1 Å². The summed E-state index contributed by atoms with van der Waals surface area (Å²) >= 11 is 1.03. The Bertz CT molecular complexity index is 1160. The van der Waals surface area contributed by atoms with Crippen LogP contribution in [0.25, 0.3) is 22.8 Å². The highest BCUT2D eigenvalue weighted by molar-refractivity contribution is 7.98. The number of methoxy groups -OCH3 is 1. The molecule has 0 aliphatic carbocycles. The molecule has 160 valence electrons. The molecule has 8 nitrogen and oxygen atoms in total. The van der Waals surface area contributed by atoms with E-state index in [2.05, 4.69) is 25.3 Å². The van der Waals surface area contributed by atoms with Crippen LogP contribution in [0.15, 0.2) is 58.5 Å². The Morgan fingerprint density at radius 1 is 1.10 bits per heavy atom. The number of aromatic nitrogens is 6. The van der Waals surface area contributed by atoms with Crippen molar-refractivity contribution < 1.29 is 22.4 Å². The van der Waals surface area contributed by atoms with E-state index in [1.165, 1.54) is 12.4 Å². The Hall–Kier alpha value is -3.41. The number of hydrogen-bond acceptors (Lipinski definition) is 8. The van der Waals surface area contributed by atoms with Crippen LogP contribution in [0.2, 0.25) is 0 Å². The van der Waals surface area contributed by atoms with Crippen LogP contribution < -0.4 is 4.74 Å². The predicted molar refractivity (Wildman–Crippen MR) is 105 cm³/mol. The first-order valence-corrected chi connectivity index (χ1v) is 9.91. The molecule has 0 saturated heterocycles. The fraction of sp³-hybridized carbons (Fsp3) is 0.211. The van der Waals surface area contributed by atoms with Crippen molar-refractivity contribution in [1.29, 1.82) is 0 Å². The number of pyridine rings is 1. The molecule has 31 heavy (non-hydrogen) atoms. The molecule has 3 heterocycles. The van der Waals surface area contributed by atoms with Crippen LogP contribution in [-0.4, -0.2) is 43.2 Å². The maximum absolute atomic E-state index is 13.2. The predicted octanol–water partition coefficient (Wildman–Crippen LogP) is 4.25. The number of benzene rings is 1. The molecule has 0 spiro atoms. The Labute approximate surface area is 178 Å². The van der Waals surface area contributed by atoms with Crippen molar-refractivity contribution in [3.8, 4) is 28.5 Å². The minimum Gasteiger partial charge on any atom is -0.497 e. The third kappa shape index (κ3) is 5.02. The number of thioether (sulfide) groups is 1. The summed E-state index contributed by atoms with van der Waals surface area (Å²) < 4.78 is 50.9. The second-order valence-corrected chi connectivity index (χ2v) is 7.22. The highest BCUT2D eigenvalue weighted by Crippen LogP contribution is 2.30. The smallest absolute Gasteiger partial charge is 0.406 e. The van der Waals surface area contributed by atoms with Crippen LogP contribution >= 0.6 is 11.8 Å². The molecule has 3 aromatic heterocycles. The van der Waals surface area contributed by atoms with Crippen molar-refractivity contribution >= 4 is 11.8 Å². The van der Waals surface area contributed by atoms with Gasteiger partial charge < -0.3 is 9.26 Å². The van der Waals surface area contributed by atoms with E-state index >= 15 is 0 Å². The molecule has 1 aromatic carbocycles. The van der Waals surface area contributed by atoms with E-state index < -0.39 is 12.7 Å². The topological polar surface area (TPSA) is 91.8 Å². The molecule has 0 N–H and O–H groups in total. The molecular formula is C19H15F3N6O2S. The van der Waals surface area contributed by atoms with Crippen LogP contribution in [0.4, 0.5) is 13.2 Å². The zero-order valence-electron chi connectivity index (χ0n) is 16.1. The van der Waals surface area contributed by atoms with Crippen LogP contribution in [-0.2, 0) is 12.3 Å². The van der Waals surface area contributed by atoms with Gasteiger partial charge in [0, 0.05) is 23.5 Å². The average Bonchev–Trinajstić information content (AvgIpc) is 3.39. The zero-order chi connectivity index (χ0) is 21.8. The minimum absolute atomic E-state index is 0.0882. The Kier molecular flexibility index (Phi) is 5.89. The lowest BCUT2D eigenvalue weighted by molar-refractivity contribution is -0.141. The van der Waals surface area contributed by atoms with E-state index in [1.54, 1.807) is 43.5 Å². The monoisotopic (exact) mass is 448 g/mol. The summed E-state index contributed by atoms with van der Waals surface area (Å²) in [5, 5.41) is 11.9. The lowest BCUT2D eigenvalue weighted by Crippen LogP contribution is -2.19. The summed E-state index contributed by atoms with van der Waals surface area (Å²) in [4.78, 5) is 8.17.